The minimum Gasteiger partial charge on any atom is -0.508 e. The molecule has 1 rings (SSSR count). The molecule has 0 heterocycles. The van der Waals surface area contributed by atoms with Crippen molar-refractivity contribution in [2.24, 2.45) is 11.7 Å². The first-order valence-electron chi connectivity index (χ1n) is 5.55. The Morgan fingerprint density at radius 3 is 2.47 bits per heavy atom. The second-order valence-electron chi connectivity index (χ2n) is 4.62. The van der Waals surface area contributed by atoms with Gasteiger partial charge in [-0.25, -0.2) is 0 Å². The lowest BCUT2D eigenvalue weighted by molar-refractivity contribution is 0.469. The Bertz CT molecular complexity index is 320. The minimum atomic E-state index is 0.0895. The predicted molar refractivity (Wildman–Crippen MR) is 63.8 cm³/mol. The van der Waals surface area contributed by atoms with E-state index in [9.17, 15) is 5.11 Å². The molecule has 0 saturated carbocycles. The third-order valence-corrected chi connectivity index (χ3v) is 2.70. The molecule has 3 N–H and O–H groups in total. The van der Waals surface area contributed by atoms with E-state index in [-0.39, 0.29) is 6.04 Å². The Morgan fingerprint density at radius 2 is 1.93 bits per heavy atom. The van der Waals surface area contributed by atoms with Crippen LogP contribution in [0.3, 0.4) is 0 Å². The van der Waals surface area contributed by atoms with E-state index in [0.717, 1.165) is 24.0 Å². The molecule has 15 heavy (non-hydrogen) atoms. The molecule has 0 aliphatic heterocycles. The summed E-state index contributed by atoms with van der Waals surface area (Å²) < 4.78 is 0. The van der Waals surface area contributed by atoms with E-state index in [1.165, 1.54) is 0 Å². The summed E-state index contributed by atoms with van der Waals surface area (Å²) in [5, 5.41) is 9.40. The third kappa shape index (κ3) is 3.56. The summed E-state index contributed by atoms with van der Waals surface area (Å²) in [7, 11) is 0. The van der Waals surface area contributed by atoms with Gasteiger partial charge in [-0.15, -0.1) is 0 Å². The van der Waals surface area contributed by atoms with Gasteiger partial charge in [-0.1, -0.05) is 26.0 Å². The zero-order valence-electron chi connectivity index (χ0n) is 9.83. The number of hydrogen-bond donors (Lipinski definition) is 2. The van der Waals surface area contributed by atoms with Crippen LogP contribution in [0.25, 0.3) is 0 Å². The molecule has 0 radical (unpaired) electrons. The summed E-state index contributed by atoms with van der Waals surface area (Å²) in [6.45, 7) is 6.30. The molecule has 0 unspecified atom stereocenters. The van der Waals surface area contributed by atoms with Crippen LogP contribution in [0.5, 0.6) is 5.75 Å². The lowest BCUT2D eigenvalue weighted by atomic mass is 9.97. The SMILES string of the molecule is Cc1cc([C@@H](N)CCC(C)C)ccc1O. The van der Waals surface area contributed by atoms with Gasteiger partial charge in [0.25, 0.3) is 0 Å². The zero-order chi connectivity index (χ0) is 11.4. The van der Waals surface area contributed by atoms with E-state index in [0.29, 0.717) is 11.7 Å². The van der Waals surface area contributed by atoms with E-state index >= 15 is 0 Å². The zero-order valence-corrected chi connectivity index (χ0v) is 9.83. The van der Waals surface area contributed by atoms with Gasteiger partial charge in [0.05, 0.1) is 0 Å². The first-order chi connectivity index (χ1) is 7.00. The Labute approximate surface area is 92.1 Å². The molecule has 0 amide bonds. The van der Waals surface area contributed by atoms with E-state index < -0.39 is 0 Å². The van der Waals surface area contributed by atoms with Crippen molar-refractivity contribution in [3.8, 4) is 5.75 Å². The first kappa shape index (κ1) is 12.1. The number of nitrogens with two attached hydrogens (primary N) is 1. The number of hydrogen-bond acceptors (Lipinski definition) is 2. The highest BCUT2D eigenvalue weighted by Gasteiger charge is 2.08. The monoisotopic (exact) mass is 207 g/mol. The first-order valence-corrected chi connectivity index (χ1v) is 5.55. The fourth-order valence-corrected chi connectivity index (χ4v) is 1.59. The maximum Gasteiger partial charge on any atom is 0.118 e. The van der Waals surface area contributed by atoms with Gasteiger partial charge in [0.15, 0.2) is 0 Å². The Hall–Kier alpha value is -1.02. The van der Waals surface area contributed by atoms with Gasteiger partial charge in [-0.3, -0.25) is 0 Å². The van der Waals surface area contributed by atoms with Crippen LogP contribution in [-0.4, -0.2) is 5.11 Å². The van der Waals surface area contributed by atoms with Crippen LogP contribution in [0.4, 0.5) is 0 Å². The summed E-state index contributed by atoms with van der Waals surface area (Å²) in [5.41, 5.74) is 8.09. The number of phenols is 1. The van der Waals surface area contributed by atoms with Crippen LogP contribution in [0, 0.1) is 12.8 Å². The van der Waals surface area contributed by atoms with Crippen molar-refractivity contribution >= 4 is 0 Å². The number of aromatic hydroxyl groups is 1. The van der Waals surface area contributed by atoms with Crippen LogP contribution >= 0.6 is 0 Å². The van der Waals surface area contributed by atoms with Gasteiger partial charge in [-0.2, -0.15) is 0 Å². The van der Waals surface area contributed by atoms with Gasteiger partial charge < -0.3 is 10.8 Å². The van der Waals surface area contributed by atoms with Gasteiger partial charge in [0, 0.05) is 6.04 Å². The van der Waals surface area contributed by atoms with Gasteiger partial charge in [0.1, 0.15) is 5.75 Å². The van der Waals surface area contributed by atoms with E-state index in [2.05, 4.69) is 13.8 Å². The van der Waals surface area contributed by atoms with Crippen LogP contribution in [-0.2, 0) is 0 Å². The normalized spacial score (nSPS) is 13.1. The maximum atomic E-state index is 9.40. The quantitative estimate of drug-likeness (QED) is 0.796. The molecular weight excluding hydrogens is 186 g/mol. The summed E-state index contributed by atoms with van der Waals surface area (Å²) in [5.74, 6) is 1.03. The maximum absolute atomic E-state index is 9.40. The summed E-state index contributed by atoms with van der Waals surface area (Å²) in [6, 6.07) is 5.69. The van der Waals surface area contributed by atoms with Gasteiger partial charge in [0.2, 0.25) is 0 Å². The fraction of sp³-hybridized carbons (Fsp3) is 0.538. The lowest BCUT2D eigenvalue weighted by Gasteiger charge is -2.14. The molecule has 1 aromatic rings. The largest absolute Gasteiger partial charge is 0.508 e. The minimum absolute atomic E-state index is 0.0895. The smallest absolute Gasteiger partial charge is 0.118 e. The number of aryl methyl sites for hydroxylation is 1. The predicted octanol–water partition coefficient (Wildman–Crippen LogP) is 3.14. The average molecular weight is 207 g/mol. The van der Waals surface area contributed by atoms with Crippen LogP contribution in [0.2, 0.25) is 0 Å². The van der Waals surface area contributed by atoms with Crippen LogP contribution in [0.1, 0.15) is 43.9 Å². The summed E-state index contributed by atoms with van der Waals surface area (Å²) in [4.78, 5) is 0. The third-order valence-electron chi connectivity index (χ3n) is 2.70. The molecule has 0 fully saturated rings. The highest BCUT2D eigenvalue weighted by Crippen LogP contribution is 2.23. The Morgan fingerprint density at radius 1 is 1.27 bits per heavy atom. The highest BCUT2D eigenvalue weighted by atomic mass is 16.3. The molecule has 1 atom stereocenters. The molecular formula is C13H21NO. The number of benzene rings is 1. The van der Waals surface area contributed by atoms with E-state index in [1.54, 1.807) is 6.07 Å². The number of phenolic OH excluding ortho intramolecular Hbond substituents is 1. The van der Waals surface area contributed by atoms with Gasteiger partial charge >= 0.3 is 0 Å². The molecule has 84 valence electrons. The fourth-order valence-electron chi connectivity index (χ4n) is 1.59. The molecule has 0 aromatic heterocycles. The van der Waals surface area contributed by atoms with E-state index in [1.807, 2.05) is 19.1 Å². The van der Waals surface area contributed by atoms with Crippen molar-refractivity contribution in [2.45, 2.75) is 39.7 Å². The summed E-state index contributed by atoms with van der Waals surface area (Å²) >= 11 is 0. The van der Waals surface area contributed by atoms with E-state index in [4.69, 9.17) is 5.73 Å². The van der Waals surface area contributed by atoms with Crippen molar-refractivity contribution in [1.29, 1.82) is 0 Å². The second kappa shape index (κ2) is 5.17. The second-order valence-corrected chi connectivity index (χ2v) is 4.62. The molecule has 2 heteroatoms. The standard InChI is InChI=1S/C13H21NO/c1-9(2)4-6-12(14)11-5-7-13(15)10(3)8-11/h5,7-9,12,15H,4,6,14H2,1-3H3/t12-/m0/s1. The molecule has 2 nitrogen and oxygen atoms in total. The molecule has 0 aliphatic rings. The summed E-state index contributed by atoms with van der Waals surface area (Å²) in [6.07, 6.45) is 2.14. The Kier molecular flexibility index (Phi) is 4.15. The topological polar surface area (TPSA) is 46.2 Å². The molecule has 0 saturated heterocycles. The van der Waals surface area contributed by atoms with Crippen molar-refractivity contribution in [1.82, 2.24) is 0 Å². The average Bonchev–Trinajstić information content (AvgIpc) is 2.18. The lowest BCUT2D eigenvalue weighted by Crippen LogP contribution is -2.11. The van der Waals surface area contributed by atoms with Gasteiger partial charge in [-0.05, 0) is 42.9 Å². The molecule has 0 bridgehead atoms. The molecule has 0 spiro atoms. The Balaban J connectivity index is 2.65. The highest BCUT2D eigenvalue weighted by molar-refractivity contribution is 5.36. The van der Waals surface area contributed by atoms with Crippen molar-refractivity contribution in [2.75, 3.05) is 0 Å². The van der Waals surface area contributed by atoms with Crippen molar-refractivity contribution < 1.29 is 5.11 Å². The molecule has 0 aliphatic carbocycles. The number of rotatable bonds is 4. The van der Waals surface area contributed by atoms with Crippen molar-refractivity contribution in [3.05, 3.63) is 29.3 Å². The molecule has 1 aromatic carbocycles. The van der Waals surface area contributed by atoms with Crippen LogP contribution in [0.15, 0.2) is 18.2 Å². The van der Waals surface area contributed by atoms with Crippen LogP contribution < -0.4 is 5.73 Å². The van der Waals surface area contributed by atoms with Crippen molar-refractivity contribution in [3.63, 3.8) is 0 Å².